The average molecular weight is 428 g/mol. The van der Waals surface area contributed by atoms with E-state index >= 15 is 0 Å². The first-order valence-electron chi connectivity index (χ1n) is 9.79. The van der Waals surface area contributed by atoms with Crippen LogP contribution in [0.4, 0.5) is 5.69 Å². The molecule has 5 nitrogen and oxygen atoms in total. The van der Waals surface area contributed by atoms with E-state index < -0.39 is 0 Å². The lowest BCUT2D eigenvalue weighted by Crippen LogP contribution is -2.12. The Bertz CT molecular complexity index is 1220. The fourth-order valence-corrected chi connectivity index (χ4v) is 3.81. The summed E-state index contributed by atoms with van der Waals surface area (Å²) < 4.78 is 5.85. The van der Waals surface area contributed by atoms with Gasteiger partial charge in [-0.2, -0.15) is 0 Å². The molecule has 1 heterocycles. The molecule has 0 aliphatic rings. The van der Waals surface area contributed by atoms with Crippen LogP contribution in [0.25, 0.3) is 22.9 Å². The van der Waals surface area contributed by atoms with Crippen molar-refractivity contribution in [1.82, 2.24) is 10.2 Å². The molecule has 0 spiro atoms. The zero-order valence-corrected chi connectivity index (χ0v) is 17.9. The normalized spacial score (nSPS) is 10.6. The first kappa shape index (κ1) is 20.6. The first-order valence-corrected chi connectivity index (χ1v) is 10.8. The maximum atomic E-state index is 12.7. The Hall–Kier alpha value is -3.64. The summed E-state index contributed by atoms with van der Waals surface area (Å²) in [5.74, 6) is 1.49. The van der Waals surface area contributed by atoms with Crippen molar-refractivity contribution in [2.45, 2.75) is 11.8 Å². The van der Waals surface area contributed by atoms with Crippen LogP contribution in [0.1, 0.15) is 15.9 Å². The van der Waals surface area contributed by atoms with Gasteiger partial charge in [-0.15, -0.1) is 28.5 Å². The van der Waals surface area contributed by atoms with Crippen molar-refractivity contribution in [1.29, 1.82) is 0 Å². The minimum absolute atomic E-state index is 0.177. The summed E-state index contributed by atoms with van der Waals surface area (Å²) in [7, 11) is 0. The van der Waals surface area contributed by atoms with Crippen molar-refractivity contribution in [2.75, 3.05) is 11.1 Å². The summed E-state index contributed by atoms with van der Waals surface area (Å²) in [4.78, 5) is 13.7. The van der Waals surface area contributed by atoms with Gasteiger partial charge in [0.05, 0.1) is 5.69 Å². The number of para-hydroxylation sites is 1. The quantitative estimate of drug-likeness (QED) is 0.279. The molecule has 3 aromatic carbocycles. The van der Waals surface area contributed by atoms with Gasteiger partial charge < -0.3 is 9.73 Å². The van der Waals surface area contributed by atoms with Gasteiger partial charge in [0.1, 0.15) is 0 Å². The van der Waals surface area contributed by atoms with E-state index in [4.69, 9.17) is 4.42 Å². The Morgan fingerprint density at radius 2 is 1.71 bits per heavy atom. The van der Waals surface area contributed by atoms with Crippen LogP contribution in [0.3, 0.4) is 0 Å². The van der Waals surface area contributed by atoms with Crippen molar-refractivity contribution < 1.29 is 9.21 Å². The van der Waals surface area contributed by atoms with Crippen molar-refractivity contribution in [2.24, 2.45) is 0 Å². The van der Waals surface area contributed by atoms with E-state index in [0.29, 0.717) is 17.3 Å². The van der Waals surface area contributed by atoms with Crippen LogP contribution in [-0.2, 0) is 0 Å². The molecule has 0 saturated heterocycles. The van der Waals surface area contributed by atoms with Crippen LogP contribution in [0.15, 0.2) is 94.8 Å². The summed E-state index contributed by atoms with van der Waals surface area (Å²) in [6.45, 7) is 5.75. The SMILES string of the molecule is C=CCSc1ccccc1NC(=O)c1ccc(-c2nnc(-c3ccccc3C)o2)cc1. The number of aromatic nitrogens is 2. The maximum Gasteiger partial charge on any atom is 0.255 e. The van der Waals surface area contributed by atoms with E-state index in [1.807, 2.05) is 73.7 Å². The molecule has 0 radical (unpaired) electrons. The van der Waals surface area contributed by atoms with Gasteiger partial charge in [-0.05, 0) is 55.0 Å². The number of carbonyl (C=O) groups is 1. The number of carbonyl (C=O) groups excluding carboxylic acids is 1. The van der Waals surface area contributed by atoms with Crippen molar-refractivity contribution >= 4 is 23.4 Å². The molecule has 4 rings (SSSR count). The fourth-order valence-electron chi connectivity index (χ4n) is 3.06. The van der Waals surface area contributed by atoms with Crippen molar-refractivity contribution in [3.8, 4) is 22.9 Å². The molecule has 0 fully saturated rings. The van der Waals surface area contributed by atoms with E-state index in [1.165, 1.54) is 0 Å². The van der Waals surface area contributed by atoms with Crippen LogP contribution >= 0.6 is 11.8 Å². The zero-order valence-electron chi connectivity index (χ0n) is 17.0. The van der Waals surface area contributed by atoms with Gasteiger partial charge in [-0.3, -0.25) is 4.79 Å². The first-order chi connectivity index (χ1) is 15.2. The largest absolute Gasteiger partial charge is 0.416 e. The highest BCUT2D eigenvalue weighted by atomic mass is 32.2. The number of nitrogens with one attached hydrogen (secondary N) is 1. The Kier molecular flexibility index (Phi) is 6.29. The molecule has 0 atom stereocenters. The third kappa shape index (κ3) is 4.75. The smallest absolute Gasteiger partial charge is 0.255 e. The topological polar surface area (TPSA) is 68.0 Å². The number of hydrogen-bond donors (Lipinski definition) is 1. The Morgan fingerprint density at radius 1 is 1.00 bits per heavy atom. The lowest BCUT2D eigenvalue weighted by atomic mass is 10.1. The molecule has 0 aliphatic carbocycles. The Labute approximate surface area is 185 Å². The summed E-state index contributed by atoms with van der Waals surface area (Å²) in [6, 6.07) is 22.7. The van der Waals surface area contributed by atoms with Gasteiger partial charge in [-0.1, -0.05) is 36.4 Å². The monoisotopic (exact) mass is 427 g/mol. The minimum atomic E-state index is -0.177. The number of benzene rings is 3. The van der Waals surface area contributed by atoms with Crippen LogP contribution < -0.4 is 5.32 Å². The Morgan fingerprint density at radius 3 is 2.48 bits per heavy atom. The summed E-state index contributed by atoms with van der Waals surface area (Å²) in [6.07, 6.45) is 1.84. The number of rotatable bonds is 7. The molecular weight excluding hydrogens is 406 g/mol. The molecular formula is C25H21N3O2S. The molecule has 154 valence electrons. The fraction of sp³-hybridized carbons (Fsp3) is 0.0800. The minimum Gasteiger partial charge on any atom is -0.416 e. The van der Waals surface area contributed by atoms with Gasteiger partial charge in [0.25, 0.3) is 5.91 Å². The van der Waals surface area contributed by atoms with Gasteiger partial charge >= 0.3 is 0 Å². The van der Waals surface area contributed by atoms with Gasteiger partial charge in [0, 0.05) is 27.3 Å². The molecule has 1 N–H and O–H groups in total. The highest BCUT2D eigenvalue weighted by Gasteiger charge is 2.14. The van der Waals surface area contributed by atoms with Crippen molar-refractivity contribution in [3.63, 3.8) is 0 Å². The standard InChI is InChI=1S/C25H21N3O2S/c1-3-16-31-22-11-7-6-10-21(22)26-23(29)18-12-14-19(15-13-18)24-27-28-25(30-24)20-9-5-4-8-17(20)2/h3-15H,1,16H2,2H3,(H,26,29). The molecule has 0 bridgehead atoms. The third-order valence-electron chi connectivity index (χ3n) is 4.69. The lowest BCUT2D eigenvalue weighted by molar-refractivity contribution is 0.102. The predicted molar refractivity (Wildman–Crippen MR) is 125 cm³/mol. The second-order valence-electron chi connectivity index (χ2n) is 6.85. The van der Waals surface area contributed by atoms with Crippen LogP contribution in [-0.4, -0.2) is 21.9 Å². The second kappa shape index (κ2) is 9.45. The molecule has 1 amide bonds. The molecule has 0 unspecified atom stereocenters. The predicted octanol–water partition coefficient (Wildman–Crippen LogP) is 6.24. The van der Waals surface area contributed by atoms with Gasteiger partial charge in [0.15, 0.2) is 0 Å². The maximum absolute atomic E-state index is 12.7. The number of thioether (sulfide) groups is 1. The molecule has 4 aromatic rings. The number of anilines is 1. The molecule has 31 heavy (non-hydrogen) atoms. The van der Waals surface area contributed by atoms with E-state index in [9.17, 15) is 4.79 Å². The van der Waals surface area contributed by atoms with E-state index in [-0.39, 0.29) is 5.91 Å². The highest BCUT2D eigenvalue weighted by Crippen LogP contribution is 2.28. The summed E-state index contributed by atoms with van der Waals surface area (Å²) in [5, 5.41) is 11.3. The second-order valence-corrected chi connectivity index (χ2v) is 7.92. The van der Waals surface area contributed by atoms with Gasteiger partial charge in [0.2, 0.25) is 11.8 Å². The van der Waals surface area contributed by atoms with E-state index in [0.717, 1.165) is 33.0 Å². The number of amides is 1. The van der Waals surface area contributed by atoms with Crippen LogP contribution in [0.2, 0.25) is 0 Å². The zero-order chi connectivity index (χ0) is 21.6. The van der Waals surface area contributed by atoms with E-state index in [2.05, 4.69) is 22.1 Å². The number of hydrogen-bond acceptors (Lipinski definition) is 5. The average Bonchev–Trinajstić information content (AvgIpc) is 3.29. The highest BCUT2D eigenvalue weighted by molar-refractivity contribution is 7.99. The van der Waals surface area contributed by atoms with Crippen LogP contribution in [0, 0.1) is 6.92 Å². The van der Waals surface area contributed by atoms with Crippen molar-refractivity contribution in [3.05, 3.63) is 96.6 Å². The third-order valence-corrected chi connectivity index (χ3v) is 5.76. The summed E-state index contributed by atoms with van der Waals surface area (Å²) >= 11 is 1.62. The molecule has 1 aromatic heterocycles. The number of aryl methyl sites for hydroxylation is 1. The molecule has 6 heteroatoms. The molecule has 0 aliphatic heterocycles. The summed E-state index contributed by atoms with van der Waals surface area (Å²) in [5.41, 5.74) is 4.06. The molecule has 0 saturated carbocycles. The van der Waals surface area contributed by atoms with Crippen LogP contribution in [0.5, 0.6) is 0 Å². The Balaban J connectivity index is 1.50. The number of nitrogens with zero attached hydrogens (tertiary/aromatic N) is 2. The van der Waals surface area contributed by atoms with Gasteiger partial charge in [-0.25, -0.2) is 0 Å². The van der Waals surface area contributed by atoms with E-state index in [1.54, 1.807) is 23.9 Å². The lowest BCUT2D eigenvalue weighted by Gasteiger charge is -2.10.